The summed E-state index contributed by atoms with van der Waals surface area (Å²) in [6, 6.07) is 0. The van der Waals surface area contributed by atoms with E-state index in [4.69, 9.17) is 4.74 Å². The van der Waals surface area contributed by atoms with E-state index in [0.29, 0.717) is 17.2 Å². The summed E-state index contributed by atoms with van der Waals surface area (Å²) in [5, 5.41) is 13.9. The summed E-state index contributed by atoms with van der Waals surface area (Å²) in [4.78, 5) is 16.6. The summed E-state index contributed by atoms with van der Waals surface area (Å²) in [6.45, 7) is 4.39. The predicted octanol–water partition coefficient (Wildman–Crippen LogP) is 2.56. The van der Waals surface area contributed by atoms with Crippen molar-refractivity contribution < 1.29 is 14.6 Å². The number of thiazole rings is 1. The Labute approximate surface area is 120 Å². The molecule has 0 spiro atoms. The van der Waals surface area contributed by atoms with E-state index >= 15 is 0 Å². The summed E-state index contributed by atoms with van der Waals surface area (Å²) in [5.74, 6) is -1.01. The molecule has 0 radical (unpaired) electrons. The summed E-state index contributed by atoms with van der Waals surface area (Å²) >= 11 is 1.41. The van der Waals surface area contributed by atoms with Gasteiger partial charge >= 0.3 is 5.97 Å². The van der Waals surface area contributed by atoms with Gasteiger partial charge in [0.1, 0.15) is 5.01 Å². The molecule has 106 valence electrons. The fourth-order valence-electron chi connectivity index (χ4n) is 1.73. The molecule has 0 fully saturated rings. The molecule has 20 heavy (non-hydrogen) atoms. The number of aromatic nitrogens is 3. The van der Waals surface area contributed by atoms with E-state index in [2.05, 4.69) is 10.1 Å². The Kier molecular flexibility index (Phi) is 4.19. The van der Waals surface area contributed by atoms with E-state index in [1.165, 1.54) is 22.2 Å². The van der Waals surface area contributed by atoms with Crippen molar-refractivity contribution in [2.45, 2.75) is 13.8 Å². The Bertz CT molecular complexity index is 658. The lowest BCUT2D eigenvalue weighted by Crippen LogP contribution is -2.06. The molecule has 0 saturated heterocycles. The second-order valence-corrected chi connectivity index (χ2v) is 5.09. The van der Waals surface area contributed by atoms with E-state index < -0.39 is 5.97 Å². The lowest BCUT2D eigenvalue weighted by atomic mass is 10.2. The van der Waals surface area contributed by atoms with Gasteiger partial charge in [0.25, 0.3) is 0 Å². The zero-order valence-corrected chi connectivity index (χ0v) is 12.3. The zero-order valence-electron chi connectivity index (χ0n) is 11.5. The molecule has 0 unspecified atom stereocenters. The van der Waals surface area contributed by atoms with Gasteiger partial charge < -0.3 is 9.84 Å². The number of ether oxygens (including phenoxy) is 1. The third kappa shape index (κ3) is 2.72. The maximum Gasteiger partial charge on any atom is 0.354 e. The van der Waals surface area contributed by atoms with Gasteiger partial charge in [-0.05, 0) is 19.9 Å². The highest BCUT2D eigenvalue weighted by Gasteiger charge is 2.20. The maximum atomic E-state index is 11.3. The molecule has 2 heterocycles. The number of hydrogen-bond donors (Lipinski definition) is 1. The van der Waals surface area contributed by atoms with Crippen LogP contribution in [0.2, 0.25) is 0 Å². The van der Waals surface area contributed by atoms with Gasteiger partial charge in [0.05, 0.1) is 35.2 Å². The van der Waals surface area contributed by atoms with Gasteiger partial charge in [-0.25, -0.2) is 9.78 Å². The first kappa shape index (κ1) is 14.3. The van der Waals surface area contributed by atoms with Crippen LogP contribution in [-0.2, 0) is 11.8 Å². The zero-order chi connectivity index (χ0) is 14.7. The number of rotatable bonds is 5. The summed E-state index contributed by atoms with van der Waals surface area (Å²) in [6.07, 6.45) is 4.97. The van der Waals surface area contributed by atoms with E-state index in [1.54, 1.807) is 13.3 Å². The maximum absolute atomic E-state index is 11.3. The van der Waals surface area contributed by atoms with Crippen LogP contribution in [0.3, 0.4) is 0 Å². The molecule has 1 N–H and O–H groups in total. The third-order valence-electron chi connectivity index (χ3n) is 2.69. The largest absolute Gasteiger partial charge is 0.501 e. The SMILES string of the molecule is CCOC=Cc1sc(-c2cnn(C)c2C(=O)O)nc1C. The highest BCUT2D eigenvalue weighted by Crippen LogP contribution is 2.30. The molecule has 0 aliphatic carbocycles. The molecular weight excluding hydrogens is 278 g/mol. The first-order valence-corrected chi connectivity index (χ1v) is 6.87. The van der Waals surface area contributed by atoms with E-state index in [1.807, 2.05) is 19.9 Å². The van der Waals surface area contributed by atoms with E-state index in [-0.39, 0.29) is 5.69 Å². The Morgan fingerprint density at radius 3 is 3.00 bits per heavy atom. The summed E-state index contributed by atoms with van der Waals surface area (Å²) in [7, 11) is 1.60. The lowest BCUT2D eigenvalue weighted by molar-refractivity contribution is 0.0686. The van der Waals surface area contributed by atoms with Crippen LogP contribution in [0.25, 0.3) is 16.6 Å². The topological polar surface area (TPSA) is 77.2 Å². The van der Waals surface area contributed by atoms with Gasteiger partial charge in [0.15, 0.2) is 5.69 Å². The van der Waals surface area contributed by atoms with E-state index in [0.717, 1.165) is 10.6 Å². The smallest absolute Gasteiger partial charge is 0.354 e. The number of carboxylic acids is 1. The fraction of sp³-hybridized carbons (Fsp3) is 0.308. The minimum Gasteiger partial charge on any atom is -0.501 e. The van der Waals surface area contributed by atoms with Gasteiger partial charge in [0.2, 0.25) is 0 Å². The normalized spacial score (nSPS) is 11.2. The van der Waals surface area contributed by atoms with Crippen molar-refractivity contribution in [2.75, 3.05) is 6.61 Å². The minimum atomic E-state index is -1.01. The highest BCUT2D eigenvalue weighted by atomic mass is 32.1. The first-order valence-electron chi connectivity index (χ1n) is 6.05. The number of hydrogen-bond acceptors (Lipinski definition) is 5. The van der Waals surface area contributed by atoms with Gasteiger partial charge in [0, 0.05) is 7.05 Å². The Morgan fingerprint density at radius 1 is 1.60 bits per heavy atom. The van der Waals surface area contributed by atoms with Crippen LogP contribution in [0.1, 0.15) is 28.0 Å². The average Bonchev–Trinajstić information content (AvgIpc) is 2.93. The second kappa shape index (κ2) is 5.87. The van der Waals surface area contributed by atoms with Crippen molar-refractivity contribution in [3.63, 3.8) is 0 Å². The standard InChI is InChI=1S/C13H15N3O3S/c1-4-19-6-5-10-8(2)15-12(20-10)9-7-14-16(3)11(9)13(17)18/h5-7H,4H2,1-3H3,(H,17,18). The molecule has 0 saturated carbocycles. The Morgan fingerprint density at radius 2 is 2.35 bits per heavy atom. The molecule has 6 nitrogen and oxygen atoms in total. The molecule has 0 bridgehead atoms. The molecule has 0 aliphatic heterocycles. The van der Waals surface area contributed by atoms with Crippen LogP contribution >= 0.6 is 11.3 Å². The average molecular weight is 293 g/mol. The van der Waals surface area contributed by atoms with Gasteiger partial charge in [-0.3, -0.25) is 4.68 Å². The molecule has 0 aromatic carbocycles. The molecule has 7 heteroatoms. The van der Waals surface area contributed by atoms with Gasteiger partial charge in [-0.1, -0.05) is 0 Å². The third-order valence-corrected chi connectivity index (χ3v) is 3.84. The molecule has 0 atom stereocenters. The molecule has 0 aliphatic rings. The molecule has 2 rings (SSSR count). The molecule has 0 amide bonds. The Balaban J connectivity index is 2.40. The number of nitrogens with zero attached hydrogens (tertiary/aromatic N) is 3. The van der Waals surface area contributed by atoms with Crippen molar-refractivity contribution in [1.82, 2.24) is 14.8 Å². The fourth-order valence-corrected chi connectivity index (χ4v) is 2.70. The van der Waals surface area contributed by atoms with Crippen molar-refractivity contribution in [1.29, 1.82) is 0 Å². The summed E-state index contributed by atoms with van der Waals surface area (Å²) in [5.41, 5.74) is 1.50. The number of carboxylic acid groups (broad SMARTS) is 1. The van der Waals surface area contributed by atoms with Crippen LogP contribution in [0.4, 0.5) is 0 Å². The molecule has 2 aromatic heterocycles. The van der Waals surface area contributed by atoms with Crippen LogP contribution in [0.15, 0.2) is 12.5 Å². The first-order chi connectivity index (χ1) is 9.54. The van der Waals surface area contributed by atoms with Crippen molar-refractivity contribution >= 4 is 23.4 Å². The molecule has 2 aromatic rings. The summed E-state index contributed by atoms with van der Waals surface area (Å²) < 4.78 is 6.50. The van der Waals surface area contributed by atoms with Crippen molar-refractivity contribution in [2.24, 2.45) is 7.05 Å². The van der Waals surface area contributed by atoms with Crippen molar-refractivity contribution in [3.8, 4) is 10.6 Å². The lowest BCUT2D eigenvalue weighted by Gasteiger charge is -1.97. The molecular formula is C13H15N3O3S. The Hall–Kier alpha value is -2.15. The van der Waals surface area contributed by atoms with Crippen LogP contribution in [-0.4, -0.2) is 32.4 Å². The van der Waals surface area contributed by atoms with Crippen LogP contribution in [0, 0.1) is 6.92 Å². The number of carbonyl (C=O) groups is 1. The second-order valence-electron chi connectivity index (χ2n) is 4.06. The number of aromatic carboxylic acids is 1. The highest BCUT2D eigenvalue weighted by molar-refractivity contribution is 7.16. The quantitative estimate of drug-likeness (QED) is 0.857. The minimum absolute atomic E-state index is 0.138. The van der Waals surface area contributed by atoms with Crippen molar-refractivity contribution in [3.05, 3.63) is 28.7 Å². The van der Waals surface area contributed by atoms with Gasteiger partial charge in [-0.2, -0.15) is 5.10 Å². The van der Waals surface area contributed by atoms with Crippen LogP contribution in [0.5, 0.6) is 0 Å². The predicted molar refractivity (Wildman–Crippen MR) is 76.7 cm³/mol. The van der Waals surface area contributed by atoms with Gasteiger partial charge in [-0.15, -0.1) is 11.3 Å². The number of aryl methyl sites for hydroxylation is 2. The monoisotopic (exact) mass is 293 g/mol. The van der Waals surface area contributed by atoms with Crippen LogP contribution < -0.4 is 0 Å². The van der Waals surface area contributed by atoms with E-state index in [9.17, 15) is 9.90 Å².